The number of ketones is 1. The number of nitrogens with zero attached hydrogens (tertiary/aromatic N) is 1. The third-order valence-electron chi connectivity index (χ3n) is 7.33. The number of carbonyl (C=O) groups excluding carboxylic acids is 2. The Balaban J connectivity index is 1.55. The van der Waals surface area contributed by atoms with Gasteiger partial charge in [0.15, 0.2) is 5.78 Å². The van der Waals surface area contributed by atoms with Crippen LogP contribution in [-0.4, -0.2) is 18.8 Å². The number of methoxy groups -OCH3 is 1. The van der Waals surface area contributed by atoms with Gasteiger partial charge in [-0.15, -0.1) is 0 Å². The molecule has 0 saturated heterocycles. The molecule has 2 atom stereocenters. The maximum absolute atomic E-state index is 13.9. The second-order valence-electron chi connectivity index (χ2n) is 9.64. The minimum atomic E-state index is -0.506. The Morgan fingerprint density at radius 1 is 0.914 bits per heavy atom. The molecule has 2 aliphatic carbocycles. The van der Waals surface area contributed by atoms with Crippen LogP contribution in [0.3, 0.4) is 0 Å². The number of carbonyl (C=O) groups is 2. The van der Waals surface area contributed by atoms with Crippen LogP contribution in [0.5, 0.6) is 5.75 Å². The Morgan fingerprint density at radius 2 is 1.66 bits per heavy atom. The van der Waals surface area contributed by atoms with Gasteiger partial charge >= 0.3 is 0 Å². The lowest BCUT2D eigenvalue weighted by Gasteiger charge is -2.35. The fraction of sp³-hybridized carbons (Fsp3) is 0.267. The Hall–Kier alpha value is -3.86. The second kappa shape index (κ2) is 8.73. The van der Waals surface area contributed by atoms with Crippen molar-refractivity contribution in [2.45, 2.75) is 37.6 Å². The minimum Gasteiger partial charge on any atom is -0.497 e. The minimum absolute atomic E-state index is 0.00840. The summed E-state index contributed by atoms with van der Waals surface area (Å²) in [6, 6.07) is 25.4. The Bertz CT molecular complexity index is 1330. The molecule has 5 nitrogen and oxygen atoms in total. The summed E-state index contributed by atoms with van der Waals surface area (Å²) < 4.78 is 5.52. The van der Waals surface area contributed by atoms with E-state index >= 15 is 0 Å². The van der Waals surface area contributed by atoms with Gasteiger partial charge in [0.2, 0.25) is 5.91 Å². The Kier molecular flexibility index (Phi) is 5.40. The van der Waals surface area contributed by atoms with Crippen LogP contribution in [0.4, 0.5) is 11.4 Å². The lowest BCUT2D eigenvalue weighted by Crippen LogP contribution is -2.39. The molecule has 3 aromatic rings. The highest BCUT2D eigenvalue weighted by Crippen LogP contribution is 2.49. The van der Waals surface area contributed by atoms with Gasteiger partial charge in [-0.3, -0.25) is 14.5 Å². The van der Waals surface area contributed by atoms with Crippen molar-refractivity contribution in [2.24, 2.45) is 5.92 Å². The van der Waals surface area contributed by atoms with E-state index in [4.69, 9.17) is 4.74 Å². The number of para-hydroxylation sites is 2. The molecule has 3 aliphatic rings. The number of Topliss-reactive ketones (excluding diaryl/α,β-unsaturated/α-hetero) is 1. The van der Waals surface area contributed by atoms with Crippen molar-refractivity contribution in [3.8, 4) is 5.75 Å². The van der Waals surface area contributed by atoms with E-state index in [9.17, 15) is 9.59 Å². The number of nitrogens with one attached hydrogen (secondary N) is 1. The molecule has 1 saturated carbocycles. The average molecular weight is 465 g/mol. The third kappa shape index (κ3) is 3.91. The molecule has 0 bridgehead atoms. The number of amides is 1. The van der Waals surface area contributed by atoms with Gasteiger partial charge in [-0.05, 0) is 60.6 Å². The van der Waals surface area contributed by atoms with Crippen LogP contribution >= 0.6 is 0 Å². The van der Waals surface area contributed by atoms with E-state index in [1.165, 1.54) is 0 Å². The van der Waals surface area contributed by atoms with E-state index in [-0.39, 0.29) is 23.5 Å². The number of benzene rings is 3. The number of hydrogen-bond acceptors (Lipinski definition) is 4. The average Bonchev–Trinajstić information content (AvgIpc) is 3.75. The summed E-state index contributed by atoms with van der Waals surface area (Å²) >= 11 is 0. The van der Waals surface area contributed by atoms with E-state index in [1.54, 1.807) is 7.11 Å². The number of ether oxygens (including phenoxy) is 1. The predicted octanol–water partition coefficient (Wildman–Crippen LogP) is 6.01. The first-order valence-electron chi connectivity index (χ1n) is 12.3. The fourth-order valence-electron chi connectivity index (χ4n) is 5.45. The molecule has 3 aromatic carbocycles. The quantitative estimate of drug-likeness (QED) is 0.514. The highest BCUT2D eigenvalue weighted by atomic mass is 16.5. The topological polar surface area (TPSA) is 58.6 Å². The molecule has 0 spiro atoms. The molecule has 1 aliphatic heterocycles. The Labute approximate surface area is 205 Å². The summed E-state index contributed by atoms with van der Waals surface area (Å²) in [4.78, 5) is 29.6. The van der Waals surface area contributed by atoms with Crippen molar-refractivity contribution in [1.82, 2.24) is 0 Å². The monoisotopic (exact) mass is 464 g/mol. The van der Waals surface area contributed by atoms with E-state index < -0.39 is 6.04 Å². The summed E-state index contributed by atoms with van der Waals surface area (Å²) in [6.07, 6.45) is 2.93. The lowest BCUT2D eigenvalue weighted by atomic mass is 9.78. The van der Waals surface area contributed by atoms with Crippen LogP contribution in [0.25, 0.3) is 0 Å². The van der Waals surface area contributed by atoms with Crippen molar-refractivity contribution < 1.29 is 14.3 Å². The van der Waals surface area contributed by atoms with Gasteiger partial charge in [-0.25, -0.2) is 0 Å². The van der Waals surface area contributed by atoms with Gasteiger partial charge in [-0.2, -0.15) is 0 Å². The first-order chi connectivity index (χ1) is 17.1. The van der Waals surface area contributed by atoms with Crippen LogP contribution in [0.1, 0.15) is 48.8 Å². The molecule has 6 rings (SSSR count). The molecule has 0 aromatic heterocycles. The molecule has 176 valence electrons. The van der Waals surface area contributed by atoms with E-state index in [1.807, 2.05) is 71.6 Å². The van der Waals surface area contributed by atoms with Crippen molar-refractivity contribution in [1.29, 1.82) is 0 Å². The maximum atomic E-state index is 13.9. The summed E-state index contributed by atoms with van der Waals surface area (Å²) in [5.74, 6) is 0.979. The maximum Gasteiger partial charge on any atom is 0.231 e. The molecule has 1 fully saturated rings. The van der Waals surface area contributed by atoms with Crippen molar-refractivity contribution >= 4 is 23.1 Å². The van der Waals surface area contributed by atoms with Crippen LogP contribution in [0.15, 0.2) is 90.1 Å². The third-order valence-corrected chi connectivity index (χ3v) is 7.33. The number of rotatable bonds is 4. The van der Waals surface area contributed by atoms with E-state index in [0.29, 0.717) is 24.2 Å². The molecule has 1 heterocycles. The fourth-order valence-corrected chi connectivity index (χ4v) is 5.45. The molecular weight excluding hydrogens is 436 g/mol. The predicted molar refractivity (Wildman–Crippen MR) is 136 cm³/mol. The first kappa shape index (κ1) is 21.7. The first-order valence-corrected chi connectivity index (χ1v) is 12.3. The summed E-state index contributed by atoms with van der Waals surface area (Å²) in [5.41, 5.74) is 5.32. The van der Waals surface area contributed by atoms with E-state index in [0.717, 1.165) is 41.0 Å². The van der Waals surface area contributed by atoms with Gasteiger partial charge in [0.25, 0.3) is 0 Å². The molecule has 1 amide bonds. The van der Waals surface area contributed by atoms with Crippen LogP contribution in [-0.2, 0) is 9.59 Å². The number of anilines is 2. The van der Waals surface area contributed by atoms with Crippen LogP contribution in [0.2, 0.25) is 0 Å². The number of allylic oxidation sites excluding steroid dienone is 1. The zero-order valence-electron chi connectivity index (χ0n) is 19.7. The standard InChI is InChI=1S/C30H28N2O3/c1-35-23-11-7-10-21(16-23)29-28-25(17-22(18-27(28)33)19-8-3-2-4-9-19)31-24-12-5-6-13-26(24)32(29)30(34)20-14-15-20/h2-13,16,20,22,29,31H,14-15,17-18H2,1H3. The molecule has 0 radical (unpaired) electrons. The zero-order valence-corrected chi connectivity index (χ0v) is 19.7. The van der Waals surface area contributed by atoms with Crippen LogP contribution in [0, 0.1) is 5.92 Å². The van der Waals surface area contributed by atoms with Gasteiger partial charge in [0.1, 0.15) is 5.75 Å². The second-order valence-corrected chi connectivity index (χ2v) is 9.64. The zero-order chi connectivity index (χ0) is 23.9. The largest absolute Gasteiger partial charge is 0.497 e. The van der Waals surface area contributed by atoms with Gasteiger partial charge in [-0.1, -0.05) is 54.6 Å². The van der Waals surface area contributed by atoms with Crippen molar-refractivity contribution in [3.63, 3.8) is 0 Å². The molecule has 5 heteroatoms. The van der Waals surface area contributed by atoms with E-state index in [2.05, 4.69) is 17.4 Å². The summed E-state index contributed by atoms with van der Waals surface area (Å²) in [7, 11) is 1.64. The highest BCUT2D eigenvalue weighted by molar-refractivity contribution is 6.07. The molecule has 2 unspecified atom stereocenters. The normalized spacial score (nSPS) is 21.5. The lowest BCUT2D eigenvalue weighted by molar-refractivity contribution is -0.120. The summed E-state index contributed by atoms with van der Waals surface area (Å²) in [5, 5.41) is 3.60. The highest BCUT2D eigenvalue weighted by Gasteiger charge is 2.45. The molecular formula is C30H28N2O3. The molecule has 1 N–H and O–H groups in total. The van der Waals surface area contributed by atoms with Gasteiger partial charge in [0.05, 0.1) is 24.5 Å². The number of hydrogen-bond donors (Lipinski definition) is 1. The van der Waals surface area contributed by atoms with Gasteiger partial charge in [0, 0.05) is 23.6 Å². The van der Waals surface area contributed by atoms with Gasteiger partial charge < -0.3 is 10.1 Å². The SMILES string of the molecule is COc1cccc(C2C3=C(CC(c4ccccc4)CC3=O)Nc3ccccc3N2C(=O)C2CC2)c1. The van der Waals surface area contributed by atoms with Crippen LogP contribution < -0.4 is 15.0 Å². The number of fused-ring (bicyclic) bond motifs is 1. The Morgan fingerprint density at radius 3 is 2.43 bits per heavy atom. The smallest absolute Gasteiger partial charge is 0.231 e. The molecule has 35 heavy (non-hydrogen) atoms. The summed E-state index contributed by atoms with van der Waals surface area (Å²) in [6.45, 7) is 0. The van der Waals surface area contributed by atoms with Crippen molar-refractivity contribution in [3.05, 3.63) is 101 Å². The van der Waals surface area contributed by atoms with Crippen molar-refractivity contribution in [2.75, 3.05) is 17.3 Å².